The number of halogens is 2. The minimum absolute atomic E-state index is 0.0568. The second kappa shape index (κ2) is 14.1. The molecule has 49 heavy (non-hydrogen) atoms. The van der Waals surface area contributed by atoms with E-state index in [4.69, 9.17) is 0 Å². The van der Waals surface area contributed by atoms with Gasteiger partial charge in [0.1, 0.15) is 22.8 Å². The number of nitrogens with one attached hydrogen (secondary N) is 1. The van der Waals surface area contributed by atoms with Crippen LogP contribution in [0.3, 0.4) is 0 Å². The summed E-state index contributed by atoms with van der Waals surface area (Å²) in [6.07, 6.45) is 2.84. The third-order valence-corrected chi connectivity index (χ3v) is 8.70. The second-order valence-corrected chi connectivity index (χ2v) is 12.8. The number of benzene rings is 1. The van der Waals surface area contributed by atoms with E-state index in [1.807, 2.05) is 44.7 Å². The molecule has 0 unspecified atom stereocenters. The summed E-state index contributed by atoms with van der Waals surface area (Å²) in [7, 11) is 3.70. The fraction of sp³-hybridized carbons (Fsp3) is 0.361. The number of aromatic nitrogens is 3. The van der Waals surface area contributed by atoms with Gasteiger partial charge in [-0.3, -0.25) is 23.9 Å². The van der Waals surface area contributed by atoms with Crippen molar-refractivity contribution >= 4 is 28.5 Å². The molecule has 1 aliphatic heterocycles. The topological polar surface area (TPSA) is 124 Å². The summed E-state index contributed by atoms with van der Waals surface area (Å²) in [5, 5.41) is 13.6. The van der Waals surface area contributed by atoms with Crippen LogP contribution in [0.25, 0.3) is 28.0 Å². The molecule has 258 valence electrons. The Labute approximate surface area is 283 Å². The van der Waals surface area contributed by atoms with Crippen molar-refractivity contribution in [3.8, 4) is 22.7 Å². The zero-order chi connectivity index (χ0) is 35.7. The summed E-state index contributed by atoms with van der Waals surface area (Å²) < 4.78 is 32.8. The Bertz CT molecular complexity index is 1990. The molecule has 11 nitrogen and oxygen atoms in total. The van der Waals surface area contributed by atoms with Gasteiger partial charge < -0.3 is 25.1 Å². The Morgan fingerprint density at radius 2 is 1.90 bits per heavy atom. The molecule has 2 amide bonds. The number of carbonyl (C=O) groups excluding carboxylic acids is 2. The zero-order valence-electron chi connectivity index (χ0n) is 28.5. The van der Waals surface area contributed by atoms with Crippen LogP contribution in [0.5, 0.6) is 5.75 Å². The number of phenolic OH excluding ortho intramolecular Hbond substituents is 1. The predicted molar refractivity (Wildman–Crippen MR) is 185 cm³/mol. The number of carbonyl (C=O) groups is 2. The molecule has 13 heteroatoms. The van der Waals surface area contributed by atoms with Gasteiger partial charge in [0.15, 0.2) is 11.5 Å². The number of hydrogen-bond donors (Lipinski definition) is 2. The molecular weight excluding hydrogens is 632 g/mol. The van der Waals surface area contributed by atoms with Crippen molar-refractivity contribution in [2.24, 2.45) is 0 Å². The average molecular weight is 674 g/mol. The van der Waals surface area contributed by atoms with Crippen LogP contribution in [0, 0.1) is 18.6 Å². The first-order valence-corrected chi connectivity index (χ1v) is 16.1. The number of nitrogens with zero attached hydrogens (tertiary/aromatic N) is 6. The van der Waals surface area contributed by atoms with Crippen LogP contribution < -0.4 is 15.8 Å². The summed E-state index contributed by atoms with van der Waals surface area (Å²) in [5.41, 5.74) is -0.332. The lowest BCUT2D eigenvalue weighted by Gasteiger charge is -2.42. The SMILES string of the molecule is C=CC(=O)N1CCN(c2c(C(=O)NCCN(C)C)c(=O)n(-c3c(C)ccnc3C(C)C)c3nc(-c4c(O)cccc4F)c(F)cc23)[C@@H](C)C1. The molecule has 1 fully saturated rings. The second-order valence-electron chi connectivity index (χ2n) is 12.8. The van der Waals surface area contributed by atoms with Crippen molar-refractivity contribution in [1.82, 2.24) is 29.7 Å². The molecule has 1 aliphatic rings. The van der Waals surface area contributed by atoms with Gasteiger partial charge in [-0.15, -0.1) is 0 Å². The zero-order valence-corrected chi connectivity index (χ0v) is 28.5. The molecule has 5 rings (SSSR count). The molecule has 1 saturated heterocycles. The number of rotatable bonds is 9. The Morgan fingerprint density at radius 3 is 2.53 bits per heavy atom. The number of phenols is 1. The predicted octanol–water partition coefficient (Wildman–Crippen LogP) is 4.38. The van der Waals surface area contributed by atoms with E-state index in [0.29, 0.717) is 23.5 Å². The Kier molecular flexibility index (Phi) is 10.1. The highest BCUT2D eigenvalue weighted by molar-refractivity contribution is 6.08. The van der Waals surface area contributed by atoms with Crippen LogP contribution in [0.2, 0.25) is 0 Å². The van der Waals surface area contributed by atoms with Crippen LogP contribution in [0.15, 0.2) is 54.0 Å². The summed E-state index contributed by atoms with van der Waals surface area (Å²) in [6, 6.07) is 6.00. The van der Waals surface area contributed by atoms with Gasteiger partial charge in [-0.1, -0.05) is 26.5 Å². The van der Waals surface area contributed by atoms with Gasteiger partial charge in [0.2, 0.25) is 5.91 Å². The molecule has 4 aromatic rings. The van der Waals surface area contributed by atoms with Crippen LogP contribution in [-0.2, 0) is 4.79 Å². The van der Waals surface area contributed by atoms with Crippen molar-refractivity contribution < 1.29 is 23.5 Å². The minimum Gasteiger partial charge on any atom is -0.507 e. The molecule has 0 bridgehead atoms. The molecule has 0 radical (unpaired) electrons. The molecule has 0 aliphatic carbocycles. The van der Waals surface area contributed by atoms with Gasteiger partial charge in [0.25, 0.3) is 11.5 Å². The number of aryl methyl sites for hydroxylation is 1. The monoisotopic (exact) mass is 673 g/mol. The lowest BCUT2D eigenvalue weighted by Crippen LogP contribution is -2.54. The summed E-state index contributed by atoms with van der Waals surface area (Å²) >= 11 is 0. The van der Waals surface area contributed by atoms with Crippen molar-refractivity contribution in [3.05, 3.63) is 88.0 Å². The first-order valence-electron chi connectivity index (χ1n) is 16.1. The van der Waals surface area contributed by atoms with Gasteiger partial charge in [0.05, 0.1) is 22.6 Å². The normalized spacial score (nSPS) is 14.9. The molecular formula is C36H41F2N7O4. The Hall–Kier alpha value is -5.17. The quantitative estimate of drug-likeness (QED) is 0.251. The molecule has 1 atom stereocenters. The molecule has 3 aromatic heterocycles. The summed E-state index contributed by atoms with van der Waals surface area (Å²) in [4.78, 5) is 56.1. The number of pyridine rings is 3. The number of anilines is 1. The first-order chi connectivity index (χ1) is 23.3. The number of piperazine rings is 1. The number of aromatic hydroxyl groups is 1. The van der Waals surface area contributed by atoms with Crippen LogP contribution in [0.1, 0.15) is 48.3 Å². The van der Waals surface area contributed by atoms with E-state index in [0.717, 1.165) is 12.1 Å². The van der Waals surface area contributed by atoms with E-state index in [2.05, 4.69) is 21.9 Å². The lowest BCUT2D eigenvalue weighted by atomic mass is 10.0. The largest absolute Gasteiger partial charge is 0.507 e. The van der Waals surface area contributed by atoms with Gasteiger partial charge >= 0.3 is 0 Å². The molecule has 4 heterocycles. The fourth-order valence-electron chi connectivity index (χ4n) is 6.29. The maximum Gasteiger partial charge on any atom is 0.271 e. The summed E-state index contributed by atoms with van der Waals surface area (Å²) in [6.45, 7) is 12.4. The van der Waals surface area contributed by atoms with E-state index in [1.165, 1.54) is 22.8 Å². The third-order valence-electron chi connectivity index (χ3n) is 8.70. The maximum atomic E-state index is 16.3. The molecule has 2 N–H and O–H groups in total. The molecule has 0 spiro atoms. The maximum absolute atomic E-state index is 16.3. The fourth-order valence-corrected chi connectivity index (χ4v) is 6.29. The number of hydrogen-bond acceptors (Lipinski definition) is 8. The van der Waals surface area contributed by atoms with E-state index in [9.17, 15) is 14.7 Å². The Balaban J connectivity index is 1.93. The van der Waals surface area contributed by atoms with Gasteiger partial charge in [0, 0.05) is 50.3 Å². The van der Waals surface area contributed by atoms with Crippen molar-refractivity contribution in [2.45, 2.75) is 39.7 Å². The van der Waals surface area contributed by atoms with Crippen molar-refractivity contribution in [2.75, 3.05) is 51.7 Å². The lowest BCUT2D eigenvalue weighted by molar-refractivity contribution is -0.126. The Morgan fingerprint density at radius 1 is 1.16 bits per heavy atom. The van der Waals surface area contributed by atoms with Gasteiger partial charge in [-0.2, -0.15) is 0 Å². The number of likely N-dealkylation sites (N-methyl/N-ethyl adjacent to an activating group) is 1. The summed E-state index contributed by atoms with van der Waals surface area (Å²) in [5.74, 6) is -3.53. The highest BCUT2D eigenvalue weighted by Crippen LogP contribution is 2.39. The standard InChI is InChI=1S/C36H41F2N7O4/c1-8-27(47)43-16-17-44(22(5)19-43)33-23-18-25(38)31(28-24(37)10-9-11-26(28)46)41-34(23)45(32-21(4)12-13-39-30(32)20(2)3)36(49)29(33)35(48)40-14-15-42(6)7/h8-13,18,20,22,46H,1,14-17,19H2,2-7H3,(H,40,48)/t22-/m0/s1. The highest BCUT2D eigenvalue weighted by Gasteiger charge is 2.35. The van der Waals surface area contributed by atoms with E-state index in [-0.39, 0.29) is 60.3 Å². The average Bonchev–Trinajstić information content (AvgIpc) is 3.04. The van der Waals surface area contributed by atoms with Gasteiger partial charge in [-0.05, 0) is 69.8 Å². The van der Waals surface area contributed by atoms with Crippen molar-refractivity contribution in [3.63, 3.8) is 0 Å². The smallest absolute Gasteiger partial charge is 0.271 e. The number of amides is 2. The molecule has 1 aromatic carbocycles. The highest BCUT2D eigenvalue weighted by atomic mass is 19.1. The van der Waals surface area contributed by atoms with Crippen LogP contribution in [-0.4, -0.2) is 94.1 Å². The van der Waals surface area contributed by atoms with Crippen LogP contribution >= 0.6 is 0 Å². The third kappa shape index (κ3) is 6.62. The minimum atomic E-state index is -0.974. The van der Waals surface area contributed by atoms with Gasteiger partial charge in [-0.25, -0.2) is 13.8 Å². The molecule has 0 saturated carbocycles. The van der Waals surface area contributed by atoms with E-state index < -0.39 is 46.1 Å². The van der Waals surface area contributed by atoms with E-state index in [1.54, 1.807) is 24.1 Å². The van der Waals surface area contributed by atoms with Crippen LogP contribution in [0.4, 0.5) is 14.5 Å². The van der Waals surface area contributed by atoms with Crippen molar-refractivity contribution in [1.29, 1.82) is 0 Å². The first kappa shape index (κ1) is 35.1. The van der Waals surface area contributed by atoms with E-state index >= 15 is 13.6 Å². The number of fused-ring (bicyclic) bond motifs is 1.